The van der Waals surface area contributed by atoms with Crippen molar-refractivity contribution in [1.82, 2.24) is 9.78 Å². The number of rotatable bonds is 8. The van der Waals surface area contributed by atoms with Crippen LogP contribution in [0.15, 0.2) is 77.4 Å². The third-order valence-corrected chi connectivity index (χ3v) is 6.25. The maximum absolute atomic E-state index is 12.9. The molecule has 0 bridgehead atoms. The van der Waals surface area contributed by atoms with Crippen molar-refractivity contribution < 1.29 is 14.3 Å². The third-order valence-electron chi connectivity index (χ3n) is 4.93. The van der Waals surface area contributed by atoms with E-state index in [1.54, 1.807) is 42.3 Å². The van der Waals surface area contributed by atoms with Crippen LogP contribution >= 0.6 is 39.1 Å². The number of halogens is 3. The Kier molecular flexibility index (Phi) is 7.77. The van der Waals surface area contributed by atoms with Gasteiger partial charge in [-0.05, 0) is 63.5 Å². The molecule has 0 saturated carbocycles. The summed E-state index contributed by atoms with van der Waals surface area (Å²) >= 11 is 15.5. The summed E-state index contributed by atoms with van der Waals surface area (Å²) in [5.41, 5.74) is 2.28. The molecule has 174 valence electrons. The number of nitrogens with zero attached hydrogens (tertiary/aromatic N) is 2. The van der Waals surface area contributed by atoms with E-state index in [4.69, 9.17) is 32.7 Å². The summed E-state index contributed by atoms with van der Waals surface area (Å²) in [6, 6.07) is 20.1. The van der Waals surface area contributed by atoms with Crippen LogP contribution in [-0.4, -0.2) is 22.8 Å². The monoisotopic (exact) mass is 559 g/mol. The normalized spacial score (nSPS) is 10.7. The predicted octanol–water partition coefficient (Wildman–Crippen LogP) is 6.84. The minimum absolute atomic E-state index is 0.278. The molecule has 1 amide bonds. The standard InChI is InChI=1S/C25H20BrCl2N3O3/c1-33-22-7-2-3-8-23(22)34-15-17-5-4-6-18(11-17)25(32)29-24-19(26)14-31(30-24)13-16-9-10-20(27)21(28)12-16/h2-12,14H,13,15H2,1H3,(H,29,30,32). The van der Waals surface area contributed by atoms with Gasteiger partial charge in [0.25, 0.3) is 5.91 Å². The van der Waals surface area contributed by atoms with E-state index in [1.165, 1.54) is 0 Å². The molecule has 4 rings (SSSR count). The number of nitrogens with one attached hydrogen (secondary N) is 1. The van der Waals surface area contributed by atoms with Gasteiger partial charge in [0.1, 0.15) is 6.61 Å². The van der Waals surface area contributed by atoms with Gasteiger partial charge in [-0.25, -0.2) is 0 Å². The minimum atomic E-state index is -0.278. The van der Waals surface area contributed by atoms with Crippen LogP contribution in [0.4, 0.5) is 5.82 Å². The average molecular weight is 561 g/mol. The molecule has 0 atom stereocenters. The molecular formula is C25H20BrCl2N3O3. The highest BCUT2D eigenvalue weighted by Gasteiger charge is 2.13. The molecule has 9 heteroatoms. The Bertz CT molecular complexity index is 1330. The largest absolute Gasteiger partial charge is 0.493 e. The molecule has 4 aromatic rings. The molecule has 0 radical (unpaired) electrons. The highest BCUT2D eigenvalue weighted by Crippen LogP contribution is 2.27. The topological polar surface area (TPSA) is 65.4 Å². The van der Waals surface area contributed by atoms with Crippen LogP contribution in [0.5, 0.6) is 11.5 Å². The number of hydrogen-bond acceptors (Lipinski definition) is 4. The fourth-order valence-corrected chi connectivity index (χ4v) is 4.00. The Morgan fingerprint density at radius 1 is 1.00 bits per heavy atom. The Hall–Kier alpha value is -3.00. The van der Waals surface area contributed by atoms with Crippen molar-refractivity contribution in [3.63, 3.8) is 0 Å². The molecule has 3 aromatic carbocycles. The Morgan fingerprint density at radius 2 is 1.79 bits per heavy atom. The minimum Gasteiger partial charge on any atom is -0.493 e. The number of methoxy groups -OCH3 is 1. The van der Waals surface area contributed by atoms with Crippen LogP contribution in [0.2, 0.25) is 10.0 Å². The zero-order valence-corrected chi connectivity index (χ0v) is 21.2. The molecule has 34 heavy (non-hydrogen) atoms. The molecule has 1 heterocycles. The number of carbonyl (C=O) groups excluding carboxylic acids is 1. The first-order valence-electron chi connectivity index (χ1n) is 10.3. The summed E-state index contributed by atoms with van der Waals surface area (Å²) in [6.07, 6.45) is 1.79. The number of anilines is 1. The summed E-state index contributed by atoms with van der Waals surface area (Å²) in [5, 5.41) is 8.29. The molecule has 0 aliphatic carbocycles. The van der Waals surface area contributed by atoms with Gasteiger partial charge in [0.05, 0.1) is 28.2 Å². The van der Waals surface area contributed by atoms with E-state index in [0.29, 0.717) is 50.5 Å². The molecule has 0 unspecified atom stereocenters. The van der Waals surface area contributed by atoms with Crippen molar-refractivity contribution in [2.24, 2.45) is 0 Å². The van der Waals surface area contributed by atoms with Gasteiger partial charge in [0.2, 0.25) is 0 Å². The van der Waals surface area contributed by atoms with Crippen LogP contribution in [0.1, 0.15) is 21.5 Å². The van der Waals surface area contributed by atoms with Gasteiger partial charge in [-0.15, -0.1) is 0 Å². The first-order valence-corrected chi connectivity index (χ1v) is 11.8. The Balaban J connectivity index is 1.42. The van der Waals surface area contributed by atoms with Gasteiger partial charge in [0.15, 0.2) is 17.3 Å². The van der Waals surface area contributed by atoms with Crippen molar-refractivity contribution >= 4 is 50.9 Å². The van der Waals surface area contributed by atoms with Crippen molar-refractivity contribution in [3.8, 4) is 11.5 Å². The number of amides is 1. The molecule has 0 aliphatic heterocycles. The van der Waals surface area contributed by atoms with Gasteiger partial charge in [-0.2, -0.15) is 5.10 Å². The van der Waals surface area contributed by atoms with Crippen LogP contribution in [-0.2, 0) is 13.2 Å². The Morgan fingerprint density at radius 3 is 2.56 bits per heavy atom. The SMILES string of the molecule is COc1ccccc1OCc1cccc(C(=O)Nc2nn(Cc3ccc(Cl)c(Cl)c3)cc2Br)c1. The van der Waals surface area contributed by atoms with Crippen LogP contribution < -0.4 is 14.8 Å². The van der Waals surface area contributed by atoms with E-state index in [9.17, 15) is 4.79 Å². The van der Waals surface area contributed by atoms with Crippen LogP contribution in [0.25, 0.3) is 0 Å². The highest BCUT2D eigenvalue weighted by molar-refractivity contribution is 9.10. The zero-order chi connectivity index (χ0) is 24.1. The van der Waals surface area contributed by atoms with Gasteiger partial charge in [-0.3, -0.25) is 9.48 Å². The lowest BCUT2D eigenvalue weighted by atomic mass is 10.1. The third kappa shape index (κ3) is 5.91. The van der Waals surface area contributed by atoms with E-state index >= 15 is 0 Å². The van der Waals surface area contributed by atoms with Crippen molar-refractivity contribution in [1.29, 1.82) is 0 Å². The number of para-hydroxylation sites is 2. The molecule has 1 aromatic heterocycles. The van der Waals surface area contributed by atoms with Gasteiger partial charge in [-0.1, -0.05) is 53.5 Å². The second-order valence-electron chi connectivity index (χ2n) is 7.37. The number of aromatic nitrogens is 2. The summed E-state index contributed by atoms with van der Waals surface area (Å²) in [6.45, 7) is 0.768. The van der Waals surface area contributed by atoms with Gasteiger partial charge in [0, 0.05) is 11.8 Å². The van der Waals surface area contributed by atoms with E-state index in [1.807, 2.05) is 42.5 Å². The summed E-state index contributed by atoms with van der Waals surface area (Å²) < 4.78 is 13.5. The smallest absolute Gasteiger partial charge is 0.256 e. The molecular weight excluding hydrogens is 541 g/mol. The second-order valence-corrected chi connectivity index (χ2v) is 9.03. The van der Waals surface area contributed by atoms with Crippen LogP contribution in [0.3, 0.4) is 0 Å². The van der Waals surface area contributed by atoms with E-state index < -0.39 is 0 Å². The first-order chi connectivity index (χ1) is 16.4. The lowest BCUT2D eigenvalue weighted by Gasteiger charge is -2.11. The maximum atomic E-state index is 12.9. The predicted molar refractivity (Wildman–Crippen MR) is 137 cm³/mol. The molecule has 0 spiro atoms. The quantitative estimate of drug-likeness (QED) is 0.256. The zero-order valence-electron chi connectivity index (χ0n) is 18.1. The Labute approximate surface area is 215 Å². The summed E-state index contributed by atoms with van der Waals surface area (Å²) in [4.78, 5) is 12.9. The van der Waals surface area contributed by atoms with Crippen molar-refractivity contribution in [2.45, 2.75) is 13.2 Å². The number of ether oxygens (including phenoxy) is 2. The van der Waals surface area contributed by atoms with Crippen molar-refractivity contribution in [3.05, 3.63) is 104 Å². The number of benzene rings is 3. The highest BCUT2D eigenvalue weighted by atomic mass is 79.9. The molecule has 0 aliphatic rings. The lowest BCUT2D eigenvalue weighted by molar-refractivity contribution is 0.102. The number of hydrogen-bond donors (Lipinski definition) is 1. The van der Waals surface area contributed by atoms with Gasteiger partial charge >= 0.3 is 0 Å². The van der Waals surface area contributed by atoms with Crippen LogP contribution in [0, 0.1) is 0 Å². The van der Waals surface area contributed by atoms with E-state index in [2.05, 4.69) is 26.3 Å². The summed E-state index contributed by atoms with van der Waals surface area (Å²) in [7, 11) is 1.59. The average Bonchev–Trinajstić information content (AvgIpc) is 3.18. The van der Waals surface area contributed by atoms with E-state index in [0.717, 1.165) is 11.1 Å². The van der Waals surface area contributed by atoms with Gasteiger partial charge < -0.3 is 14.8 Å². The fourth-order valence-electron chi connectivity index (χ4n) is 3.27. The van der Waals surface area contributed by atoms with Crippen molar-refractivity contribution in [2.75, 3.05) is 12.4 Å². The second kappa shape index (κ2) is 11.0. The molecule has 0 saturated heterocycles. The fraction of sp³-hybridized carbons (Fsp3) is 0.120. The maximum Gasteiger partial charge on any atom is 0.256 e. The molecule has 0 fully saturated rings. The lowest BCUT2D eigenvalue weighted by Crippen LogP contribution is -2.13. The number of carbonyl (C=O) groups is 1. The summed E-state index contributed by atoms with van der Waals surface area (Å²) in [5.74, 6) is 1.43. The molecule has 1 N–H and O–H groups in total. The van der Waals surface area contributed by atoms with E-state index in [-0.39, 0.29) is 5.91 Å². The first kappa shape index (κ1) is 24.1. The molecule has 6 nitrogen and oxygen atoms in total.